The van der Waals surface area contributed by atoms with E-state index in [0.29, 0.717) is 30.2 Å². The molecule has 10 nitrogen and oxygen atoms in total. The van der Waals surface area contributed by atoms with Gasteiger partial charge in [0.2, 0.25) is 5.95 Å². The predicted molar refractivity (Wildman–Crippen MR) is 97.1 cm³/mol. The van der Waals surface area contributed by atoms with E-state index in [-0.39, 0.29) is 5.95 Å². The van der Waals surface area contributed by atoms with Crippen molar-refractivity contribution >= 4 is 5.95 Å². The lowest BCUT2D eigenvalue weighted by Crippen LogP contribution is -2.04. The van der Waals surface area contributed by atoms with Gasteiger partial charge in [0.15, 0.2) is 0 Å². The predicted octanol–water partition coefficient (Wildman–Crippen LogP) is 1.30. The van der Waals surface area contributed by atoms with E-state index in [4.69, 9.17) is 10.5 Å². The van der Waals surface area contributed by atoms with Gasteiger partial charge in [0.25, 0.3) is 0 Å². The number of methoxy groups -OCH3 is 1. The van der Waals surface area contributed by atoms with Crippen molar-refractivity contribution in [3.8, 4) is 22.6 Å². The Balaban J connectivity index is 1.59. The lowest BCUT2D eigenvalue weighted by molar-refractivity contribution is 0.181. The number of nitrogens with two attached hydrogens (primary N) is 1. The topological polar surface area (TPSA) is 133 Å². The van der Waals surface area contributed by atoms with E-state index < -0.39 is 0 Å². The summed E-state index contributed by atoms with van der Waals surface area (Å²) in [7, 11) is 1.64. The van der Waals surface area contributed by atoms with Gasteiger partial charge in [-0.25, -0.2) is 14.6 Å². The molecule has 0 aliphatic carbocycles. The summed E-state index contributed by atoms with van der Waals surface area (Å²) in [6.07, 6.45) is 5.20. The second kappa shape index (κ2) is 7.30. The van der Waals surface area contributed by atoms with Gasteiger partial charge in [-0.05, 0) is 18.2 Å². The van der Waals surface area contributed by atoms with Crippen LogP contribution in [0, 0.1) is 0 Å². The molecule has 0 fully saturated rings. The number of anilines is 1. The first-order valence-electron chi connectivity index (χ1n) is 8.19. The van der Waals surface area contributed by atoms with Crippen LogP contribution >= 0.6 is 0 Å². The minimum atomic E-state index is 0.159. The number of pyridine rings is 1. The fourth-order valence-electron chi connectivity index (χ4n) is 2.64. The molecule has 4 aromatic heterocycles. The molecule has 4 rings (SSSR count). The summed E-state index contributed by atoms with van der Waals surface area (Å²) in [4.78, 5) is 13.0. The highest BCUT2D eigenvalue weighted by Crippen LogP contribution is 2.22. The number of nitrogens with zero attached hydrogens (tertiary/aromatic N) is 7. The highest BCUT2D eigenvalue weighted by molar-refractivity contribution is 5.65. The molecule has 4 heterocycles. The molecule has 0 atom stereocenters. The van der Waals surface area contributed by atoms with Gasteiger partial charge in [-0.15, -0.1) is 5.10 Å². The molecule has 0 saturated heterocycles. The molecular weight excluding hydrogens is 346 g/mol. The van der Waals surface area contributed by atoms with Crippen LogP contribution in [0.15, 0.2) is 42.9 Å². The summed E-state index contributed by atoms with van der Waals surface area (Å²) in [5.41, 5.74) is 10.2. The quantitative estimate of drug-likeness (QED) is 0.523. The highest BCUT2D eigenvalue weighted by Gasteiger charge is 2.11. The maximum atomic E-state index is 5.85. The SMILES string of the molecule is COCc1cccc(Cn2cc(-c3cc(-c4cn[nH]c4)nc(N)n3)nn2)n1. The Kier molecular flexibility index (Phi) is 4.54. The monoisotopic (exact) mass is 363 g/mol. The summed E-state index contributed by atoms with van der Waals surface area (Å²) in [6, 6.07) is 7.59. The van der Waals surface area contributed by atoms with Crippen LogP contribution in [0.25, 0.3) is 22.6 Å². The van der Waals surface area contributed by atoms with Crippen molar-refractivity contribution in [1.29, 1.82) is 0 Å². The van der Waals surface area contributed by atoms with Crippen LogP contribution in [0.5, 0.6) is 0 Å². The number of hydrogen-bond acceptors (Lipinski definition) is 8. The molecule has 4 aromatic rings. The first-order valence-corrected chi connectivity index (χ1v) is 8.19. The normalized spacial score (nSPS) is 11.0. The molecule has 0 radical (unpaired) electrons. The van der Waals surface area contributed by atoms with E-state index >= 15 is 0 Å². The summed E-state index contributed by atoms with van der Waals surface area (Å²) in [5, 5.41) is 15.0. The second-order valence-corrected chi connectivity index (χ2v) is 5.84. The smallest absolute Gasteiger partial charge is 0.221 e. The van der Waals surface area contributed by atoms with E-state index in [9.17, 15) is 0 Å². The zero-order valence-electron chi connectivity index (χ0n) is 14.6. The molecule has 0 aliphatic rings. The fraction of sp³-hybridized carbons (Fsp3) is 0.176. The van der Waals surface area contributed by atoms with Crippen molar-refractivity contribution in [3.63, 3.8) is 0 Å². The highest BCUT2D eigenvalue weighted by atomic mass is 16.5. The van der Waals surface area contributed by atoms with E-state index in [0.717, 1.165) is 17.0 Å². The Morgan fingerprint density at radius 1 is 1.11 bits per heavy atom. The van der Waals surface area contributed by atoms with Gasteiger partial charge in [-0.3, -0.25) is 10.1 Å². The van der Waals surface area contributed by atoms with Crippen LogP contribution in [0.3, 0.4) is 0 Å². The van der Waals surface area contributed by atoms with Crippen molar-refractivity contribution in [2.75, 3.05) is 12.8 Å². The lowest BCUT2D eigenvalue weighted by Gasteiger charge is -2.03. The molecule has 3 N–H and O–H groups in total. The van der Waals surface area contributed by atoms with Gasteiger partial charge in [0.1, 0.15) is 5.69 Å². The van der Waals surface area contributed by atoms with Gasteiger partial charge >= 0.3 is 0 Å². The van der Waals surface area contributed by atoms with Crippen LogP contribution in [-0.2, 0) is 17.9 Å². The minimum Gasteiger partial charge on any atom is -0.378 e. The molecular formula is C17H17N9O. The van der Waals surface area contributed by atoms with E-state index in [2.05, 4.69) is 35.5 Å². The van der Waals surface area contributed by atoms with Gasteiger partial charge in [0.05, 0.1) is 48.3 Å². The van der Waals surface area contributed by atoms with Crippen LogP contribution in [0.2, 0.25) is 0 Å². The first kappa shape index (κ1) is 16.8. The number of hydrogen-bond donors (Lipinski definition) is 2. The molecule has 0 aliphatic heterocycles. The standard InChI is InChI=1S/C17H17N9O/c1-27-10-13-4-2-3-12(21-13)8-26-9-16(24-25-26)15-5-14(22-17(18)23-15)11-6-19-20-7-11/h2-7,9H,8,10H2,1H3,(H,19,20)(H2,18,22,23). The third-order valence-electron chi connectivity index (χ3n) is 3.82. The number of nitrogen functional groups attached to an aromatic ring is 1. The lowest BCUT2D eigenvalue weighted by atomic mass is 10.2. The third-order valence-corrected chi connectivity index (χ3v) is 3.82. The average molecular weight is 363 g/mol. The Bertz CT molecular complexity index is 1040. The molecule has 0 saturated carbocycles. The van der Waals surface area contributed by atoms with Gasteiger partial charge in [-0.2, -0.15) is 5.10 Å². The zero-order chi connectivity index (χ0) is 18.6. The molecule has 27 heavy (non-hydrogen) atoms. The van der Waals surface area contributed by atoms with Crippen molar-refractivity contribution in [2.24, 2.45) is 0 Å². The maximum Gasteiger partial charge on any atom is 0.221 e. The average Bonchev–Trinajstić information content (AvgIpc) is 3.34. The summed E-state index contributed by atoms with van der Waals surface area (Å²) in [6.45, 7) is 0.952. The largest absolute Gasteiger partial charge is 0.378 e. The number of aromatic nitrogens is 8. The number of H-pyrrole nitrogens is 1. The van der Waals surface area contributed by atoms with Gasteiger partial charge < -0.3 is 10.5 Å². The van der Waals surface area contributed by atoms with E-state index in [1.54, 1.807) is 36.4 Å². The molecule has 0 aromatic carbocycles. The van der Waals surface area contributed by atoms with Crippen molar-refractivity contribution in [1.82, 2.24) is 40.1 Å². The Morgan fingerprint density at radius 2 is 1.96 bits per heavy atom. The summed E-state index contributed by atoms with van der Waals surface area (Å²) in [5.74, 6) is 0.159. The number of ether oxygens (including phenoxy) is 1. The van der Waals surface area contributed by atoms with Gasteiger partial charge in [0, 0.05) is 18.9 Å². The molecule has 0 amide bonds. The van der Waals surface area contributed by atoms with Crippen molar-refractivity contribution in [3.05, 3.63) is 54.2 Å². The third kappa shape index (κ3) is 3.80. The number of rotatable bonds is 6. The minimum absolute atomic E-state index is 0.159. The Morgan fingerprint density at radius 3 is 2.78 bits per heavy atom. The maximum absolute atomic E-state index is 5.85. The fourth-order valence-corrected chi connectivity index (χ4v) is 2.64. The first-order chi connectivity index (χ1) is 13.2. The summed E-state index contributed by atoms with van der Waals surface area (Å²) < 4.78 is 6.82. The van der Waals surface area contributed by atoms with Crippen molar-refractivity contribution < 1.29 is 4.74 Å². The summed E-state index contributed by atoms with van der Waals surface area (Å²) >= 11 is 0. The van der Waals surface area contributed by atoms with Crippen molar-refractivity contribution in [2.45, 2.75) is 13.2 Å². The Hall–Kier alpha value is -3.66. The molecule has 136 valence electrons. The Labute approximate surface area is 154 Å². The zero-order valence-corrected chi connectivity index (χ0v) is 14.6. The van der Waals surface area contributed by atoms with E-state index in [1.807, 2.05) is 18.2 Å². The molecule has 0 unspecified atom stereocenters. The van der Waals surface area contributed by atoms with Crippen LogP contribution < -0.4 is 5.73 Å². The molecule has 10 heteroatoms. The van der Waals surface area contributed by atoms with Crippen LogP contribution in [0.1, 0.15) is 11.4 Å². The number of aromatic amines is 1. The molecule has 0 bridgehead atoms. The van der Waals surface area contributed by atoms with Crippen LogP contribution in [0.4, 0.5) is 5.95 Å². The van der Waals surface area contributed by atoms with Gasteiger partial charge in [-0.1, -0.05) is 11.3 Å². The second-order valence-electron chi connectivity index (χ2n) is 5.84. The molecule has 0 spiro atoms. The van der Waals surface area contributed by atoms with Crippen LogP contribution in [-0.4, -0.2) is 47.3 Å². The van der Waals surface area contributed by atoms with E-state index in [1.165, 1.54) is 0 Å². The number of nitrogens with one attached hydrogen (secondary N) is 1.